The lowest BCUT2D eigenvalue weighted by atomic mass is 9.91. The van der Waals surface area contributed by atoms with E-state index in [0.29, 0.717) is 44.6 Å². The third-order valence-electron chi connectivity index (χ3n) is 5.17. The Morgan fingerprint density at radius 1 is 1.07 bits per heavy atom. The van der Waals surface area contributed by atoms with Crippen molar-refractivity contribution in [3.05, 3.63) is 28.8 Å². The lowest BCUT2D eigenvalue weighted by Crippen LogP contribution is -2.45. The molecule has 1 aromatic carbocycles. The summed E-state index contributed by atoms with van der Waals surface area (Å²) in [7, 11) is 1.12. The average molecular weight is 433 g/mol. The Bertz CT molecular complexity index is 669. The van der Waals surface area contributed by atoms with Gasteiger partial charge in [-0.3, -0.25) is 4.90 Å². The summed E-state index contributed by atoms with van der Waals surface area (Å²) in [4.78, 5) is 1.93. The van der Waals surface area contributed by atoms with Crippen LogP contribution >= 0.6 is 12.4 Å². The molecule has 0 unspecified atom stereocenters. The number of ether oxygens (including phenoxy) is 1. The molecule has 1 N–H and O–H groups in total. The number of halogens is 7. The summed E-state index contributed by atoms with van der Waals surface area (Å²) < 4.78 is 85.7. The SMILES string of the molecule is COc1cc(C(F)(F)F)cc(C(F)(F)F)c1[C@@H](CC1CC1)N1CCNCC1.Cl. The van der Waals surface area contributed by atoms with Crippen molar-refractivity contribution in [2.75, 3.05) is 33.3 Å². The molecule has 1 heterocycles. The molecule has 1 saturated heterocycles. The fourth-order valence-corrected chi connectivity index (χ4v) is 3.65. The van der Waals surface area contributed by atoms with Gasteiger partial charge in [0.1, 0.15) is 5.75 Å². The molecular formula is C18H23ClF6N2O. The van der Waals surface area contributed by atoms with Crippen LogP contribution in [0.1, 0.15) is 42.0 Å². The smallest absolute Gasteiger partial charge is 0.416 e. The average Bonchev–Trinajstić information content (AvgIpc) is 3.42. The van der Waals surface area contributed by atoms with Crippen molar-refractivity contribution in [3.8, 4) is 5.75 Å². The van der Waals surface area contributed by atoms with E-state index in [1.165, 1.54) is 0 Å². The summed E-state index contributed by atoms with van der Waals surface area (Å²) >= 11 is 0. The number of hydrogen-bond acceptors (Lipinski definition) is 3. The molecule has 10 heteroatoms. The van der Waals surface area contributed by atoms with Gasteiger partial charge in [-0.2, -0.15) is 26.3 Å². The lowest BCUT2D eigenvalue weighted by Gasteiger charge is -2.37. The van der Waals surface area contributed by atoms with E-state index in [-0.39, 0.29) is 29.8 Å². The predicted molar refractivity (Wildman–Crippen MR) is 94.8 cm³/mol. The van der Waals surface area contributed by atoms with Gasteiger partial charge in [0, 0.05) is 37.8 Å². The van der Waals surface area contributed by atoms with E-state index in [4.69, 9.17) is 4.74 Å². The molecule has 0 spiro atoms. The zero-order valence-corrected chi connectivity index (χ0v) is 16.1. The number of hydrogen-bond donors (Lipinski definition) is 1. The number of alkyl halides is 6. The van der Waals surface area contributed by atoms with Crippen LogP contribution in [0.2, 0.25) is 0 Å². The topological polar surface area (TPSA) is 24.5 Å². The Morgan fingerprint density at radius 3 is 2.14 bits per heavy atom. The monoisotopic (exact) mass is 432 g/mol. The Morgan fingerprint density at radius 2 is 1.68 bits per heavy atom. The summed E-state index contributed by atoms with van der Waals surface area (Å²) in [5, 5.41) is 3.15. The van der Waals surface area contributed by atoms with Gasteiger partial charge in [0.15, 0.2) is 0 Å². The summed E-state index contributed by atoms with van der Waals surface area (Å²) in [5.74, 6) is -0.0423. The molecule has 28 heavy (non-hydrogen) atoms. The minimum atomic E-state index is -4.90. The first-order valence-electron chi connectivity index (χ1n) is 8.92. The highest BCUT2D eigenvalue weighted by molar-refractivity contribution is 5.85. The van der Waals surface area contributed by atoms with Gasteiger partial charge in [-0.25, -0.2) is 0 Å². The predicted octanol–water partition coefficient (Wildman–Crippen LogP) is 4.90. The van der Waals surface area contributed by atoms with Gasteiger partial charge in [-0.05, 0) is 24.5 Å². The summed E-state index contributed by atoms with van der Waals surface area (Å²) in [6, 6.07) is 0.292. The Labute approximate surface area is 165 Å². The number of piperazine rings is 1. The molecule has 1 atom stereocenters. The summed E-state index contributed by atoms with van der Waals surface area (Å²) in [5.41, 5.74) is -2.77. The lowest BCUT2D eigenvalue weighted by molar-refractivity contribution is -0.144. The van der Waals surface area contributed by atoms with Crippen molar-refractivity contribution >= 4 is 12.4 Å². The number of benzene rings is 1. The van der Waals surface area contributed by atoms with Gasteiger partial charge in [0.25, 0.3) is 0 Å². The van der Waals surface area contributed by atoms with Gasteiger partial charge >= 0.3 is 12.4 Å². The molecule has 1 aliphatic carbocycles. The molecule has 0 bridgehead atoms. The maximum absolute atomic E-state index is 13.8. The van der Waals surface area contributed by atoms with E-state index < -0.39 is 29.5 Å². The molecule has 2 fully saturated rings. The minimum absolute atomic E-state index is 0. The molecule has 0 aromatic heterocycles. The van der Waals surface area contributed by atoms with Gasteiger partial charge in [0.05, 0.1) is 18.2 Å². The third kappa shape index (κ3) is 5.24. The first-order chi connectivity index (χ1) is 12.6. The second kappa shape index (κ2) is 8.67. The van der Waals surface area contributed by atoms with Crippen LogP contribution in [0.4, 0.5) is 26.3 Å². The molecule has 0 radical (unpaired) electrons. The quantitative estimate of drug-likeness (QED) is 0.670. The van der Waals surface area contributed by atoms with E-state index in [2.05, 4.69) is 5.32 Å². The van der Waals surface area contributed by atoms with Crippen LogP contribution in [0.25, 0.3) is 0 Å². The van der Waals surface area contributed by atoms with E-state index in [1.807, 2.05) is 4.90 Å². The van der Waals surface area contributed by atoms with Gasteiger partial charge in [0.2, 0.25) is 0 Å². The van der Waals surface area contributed by atoms with Crippen LogP contribution in [-0.4, -0.2) is 38.2 Å². The fourth-order valence-electron chi connectivity index (χ4n) is 3.65. The van der Waals surface area contributed by atoms with Crippen molar-refractivity contribution < 1.29 is 31.1 Å². The van der Waals surface area contributed by atoms with Crippen LogP contribution < -0.4 is 10.1 Å². The van der Waals surface area contributed by atoms with Crippen LogP contribution in [0.15, 0.2) is 12.1 Å². The van der Waals surface area contributed by atoms with Gasteiger partial charge in [-0.1, -0.05) is 12.8 Å². The largest absolute Gasteiger partial charge is 0.496 e. The first kappa shape index (κ1) is 23.1. The zero-order valence-electron chi connectivity index (χ0n) is 15.3. The van der Waals surface area contributed by atoms with Crippen LogP contribution in [0, 0.1) is 5.92 Å². The number of nitrogens with zero attached hydrogens (tertiary/aromatic N) is 1. The highest BCUT2D eigenvalue weighted by Crippen LogP contribution is 2.48. The first-order valence-corrected chi connectivity index (χ1v) is 8.92. The summed E-state index contributed by atoms with van der Waals surface area (Å²) in [6.07, 6.45) is -7.42. The van der Waals surface area contributed by atoms with Crippen LogP contribution in [-0.2, 0) is 12.4 Å². The molecule has 1 saturated carbocycles. The van der Waals surface area contributed by atoms with Crippen molar-refractivity contribution in [3.63, 3.8) is 0 Å². The highest BCUT2D eigenvalue weighted by Gasteiger charge is 2.43. The van der Waals surface area contributed by atoms with Crippen molar-refractivity contribution in [1.82, 2.24) is 10.2 Å². The van der Waals surface area contributed by atoms with Crippen molar-refractivity contribution in [2.24, 2.45) is 5.92 Å². The number of rotatable bonds is 5. The molecule has 1 aliphatic heterocycles. The maximum atomic E-state index is 13.8. The molecule has 0 amide bonds. The molecule has 160 valence electrons. The number of methoxy groups -OCH3 is 1. The van der Waals surface area contributed by atoms with E-state index in [1.54, 1.807) is 0 Å². The Hall–Kier alpha value is -1.19. The number of nitrogens with one attached hydrogen (secondary N) is 1. The van der Waals surface area contributed by atoms with E-state index >= 15 is 0 Å². The molecular weight excluding hydrogens is 410 g/mol. The molecule has 3 nitrogen and oxygen atoms in total. The maximum Gasteiger partial charge on any atom is 0.416 e. The Balaban J connectivity index is 0.00000280. The third-order valence-corrected chi connectivity index (χ3v) is 5.17. The fraction of sp³-hybridized carbons (Fsp3) is 0.667. The summed E-state index contributed by atoms with van der Waals surface area (Å²) in [6.45, 7) is 2.34. The van der Waals surface area contributed by atoms with Crippen molar-refractivity contribution in [1.29, 1.82) is 0 Å². The van der Waals surface area contributed by atoms with Crippen LogP contribution in [0.5, 0.6) is 5.75 Å². The molecule has 1 aromatic rings. The van der Waals surface area contributed by atoms with Crippen molar-refractivity contribution in [2.45, 2.75) is 37.7 Å². The van der Waals surface area contributed by atoms with E-state index in [0.717, 1.165) is 20.0 Å². The Kier molecular flexibility index (Phi) is 7.15. The minimum Gasteiger partial charge on any atom is -0.496 e. The highest BCUT2D eigenvalue weighted by atomic mass is 35.5. The van der Waals surface area contributed by atoms with Gasteiger partial charge < -0.3 is 10.1 Å². The molecule has 3 rings (SSSR count). The van der Waals surface area contributed by atoms with Gasteiger partial charge in [-0.15, -0.1) is 12.4 Å². The van der Waals surface area contributed by atoms with E-state index in [9.17, 15) is 26.3 Å². The second-order valence-corrected chi connectivity index (χ2v) is 7.12. The molecule has 2 aliphatic rings. The normalized spacial score (nSPS) is 19.8. The van der Waals surface area contributed by atoms with Crippen LogP contribution in [0.3, 0.4) is 0 Å². The zero-order chi connectivity index (χ0) is 19.8. The second-order valence-electron chi connectivity index (χ2n) is 7.12. The standard InChI is InChI=1S/C18H22F6N2O.ClH/c1-27-15-10-12(17(19,20)21)9-13(18(22,23)24)16(15)14(8-11-2-3-11)26-6-4-25-5-7-26;/h9-11,14,25H,2-8H2,1H3;1H/t14-;/m1./s1.